The molecule has 0 fully saturated rings. The molecule has 0 aromatic heterocycles. The monoisotopic (exact) mass is 280 g/mol. The lowest BCUT2D eigenvalue weighted by atomic mass is 10.2. The SMILES string of the molecule is O=S(=O)(Cc1ccccc1)C(Cl)c1ccccc1. The molecule has 0 bridgehead atoms. The molecule has 2 aromatic carbocycles. The summed E-state index contributed by atoms with van der Waals surface area (Å²) in [7, 11) is -3.40. The molecule has 1 atom stereocenters. The predicted octanol–water partition coefficient (Wildman–Crippen LogP) is 3.54. The van der Waals surface area contributed by atoms with Crippen molar-refractivity contribution in [1.82, 2.24) is 0 Å². The van der Waals surface area contributed by atoms with E-state index in [-0.39, 0.29) is 5.75 Å². The minimum atomic E-state index is -3.40. The summed E-state index contributed by atoms with van der Waals surface area (Å²) in [5.74, 6) is -0.0447. The first-order chi connectivity index (χ1) is 8.59. The average Bonchev–Trinajstić information content (AvgIpc) is 2.39. The van der Waals surface area contributed by atoms with Gasteiger partial charge in [-0.3, -0.25) is 0 Å². The Balaban J connectivity index is 2.22. The lowest BCUT2D eigenvalue weighted by Gasteiger charge is -2.11. The van der Waals surface area contributed by atoms with Crippen molar-refractivity contribution in [2.45, 2.75) is 10.5 Å². The molecule has 1 unspecified atom stereocenters. The topological polar surface area (TPSA) is 34.1 Å². The highest BCUT2D eigenvalue weighted by molar-refractivity contribution is 7.92. The standard InChI is InChI=1S/C14H13ClO2S/c15-14(13-9-5-2-6-10-13)18(16,17)11-12-7-3-1-4-8-12/h1-10,14H,11H2. The van der Waals surface area contributed by atoms with Crippen LogP contribution < -0.4 is 0 Å². The zero-order valence-corrected chi connectivity index (χ0v) is 11.2. The fraction of sp³-hybridized carbons (Fsp3) is 0.143. The van der Waals surface area contributed by atoms with Crippen molar-refractivity contribution in [3.05, 3.63) is 71.8 Å². The van der Waals surface area contributed by atoms with Crippen LogP contribution in [0.15, 0.2) is 60.7 Å². The molecule has 18 heavy (non-hydrogen) atoms. The molecule has 94 valence electrons. The number of rotatable bonds is 4. The Morgan fingerprint density at radius 2 is 1.39 bits per heavy atom. The van der Waals surface area contributed by atoms with Crippen LogP contribution in [0.3, 0.4) is 0 Å². The van der Waals surface area contributed by atoms with E-state index in [1.807, 2.05) is 24.3 Å². The number of alkyl halides is 1. The molecule has 0 radical (unpaired) electrons. The van der Waals surface area contributed by atoms with Crippen molar-refractivity contribution in [2.75, 3.05) is 0 Å². The van der Waals surface area contributed by atoms with Gasteiger partial charge in [0, 0.05) is 0 Å². The molecule has 0 saturated heterocycles. The summed E-state index contributed by atoms with van der Waals surface area (Å²) in [4.78, 5) is 0. The van der Waals surface area contributed by atoms with E-state index >= 15 is 0 Å². The molecule has 0 aliphatic heterocycles. The summed E-state index contributed by atoms with van der Waals surface area (Å²) >= 11 is 6.06. The molecule has 0 spiro atoms. The normalized spacial score (nSPS) is 13.2. The van der Waals surface area contributed by atoms with Crippen LogP contribution >= 0.6 is 11.6 Å². The van der Waals surface area contributed by atoms with Crippen LogP contribution in [0.1, 0.15) is 15.8 Å². The highest BCUT2D eigenvalue weighted by atomic mass is 35.5. The van der Waals surface area contributed by atoms with Gasteiger partial charge in [0.05, 0.1) is 5.75 Å². The molecule has 0 N–H and O–H groups in total. The Kier molecular flexibility index (Phi) is 4.04. The average molecular weight is 281 g/mol. The molecule has 2 nitrogen and oxygen atoms in total. The highest BCUT2D eigenvalue weighted by Crippen LogP contribution is 2.29. The Bertz CT molecular complexity index is 594. The van der Waals surface area contributed by atoms with Gasteiger partial charge < -0.3 is 0 Å². The van der Waals surface area contributed by atoms with Gasteiger partial charge in [-0.25, -0.2) is 8.42 Å². The van der Waals surface area contributed by atoms with E-state index < -0.39 is 14.5 Å². The quantitative estimate of drug-likeness (QED) is 0.803. The molecular weight excluding hydrogens is 268 g/mol. The van der Waals surface area contributed by atoms with E-state index in [0.717, 1.165) is 5.56 Å². The van der Waals surface area contributed by atoms with E-state index in [4.69, 9.17) is 11.6 Å². The van der Waals surface area contributed by atoms with Gasteiger partial charge in [0.1, 0.15) is 0 Å². The third-order valence-electron chi connectivity index (χ3n) is 2.59. The van der Waals surface area contributed by atoms with Gasteiger partial charge >= 0.3 is 0 Å². The molecule has 0 amide bonds. The van der Waals surface area contributed by atoms with Crippen molar-refractivity contribution < 1.29 is 8.42 Å². The van der Waals surface area contributed by atoms with Crippen molar-refractivity contribution in [2.24, 2.45) is 0 Å². The third-order valence-corrected chi connectivity index (χ3v) is 5.29. The van der Waals surface area contributed by atoms with Crippen LogP contribution in [0, 0.1) is 0 Å². The first kappa shape index (κ1) is 13.1. The second-order valence-corrected chi connectivity index (χ2v) is 6.80. The van der Waals surface area contributed by atoms with Crippen molar-refractivity contribution in [3.8, 4) is 0 Å². The number of benzene rings is 2. The lowest BCUT2D eigenvalue weighted by Crippen LogP contribution is -2.10. The van der Waals surface area contributed by atoms with Gasteiger partial charge in [-0.15, -0.1) is 11.6 Å². The second-order valence-electron chi connectivity index (χ2n) is 4.02. The van der Waals surface area contributed by atoms with E-state index in [1.165, 1.54) is 0 Å². The molecule has 0 aliphatic rings. The first-order valence-electron chi connectivity index (χ1n) is 5.54. The summed E-state index contributed by atoms with van der Waals surface area (Å²) in [5, 5.41) is 0. The van der Waals surface area contributed by atoms with Gasteiger partial charge in [-0.2, -0.15) is 0 Å². The third kappa shape index (κ3) is 3.12. The van der Waals surface area contributed by atoms with Crippen LogP contribution in [0.2, 0.25) is 0 Å². The van der Waals surface area contributed by atoms with Crippen molar-refractivity contribution in [3.63, 3.8) is 0 Å². The minimum Gasteiger partial charge on any atom is -0.227 e. The van der Waals surface area contributed by atoms with E-state index in [1.54, 1.807) is 36.4 Å². The molecule has 0 aliphatic carbocycles. The van der Waals surface area contributed by atoms with Crippen molar-refractivity contribution in [1.29, 1.82) is 0 Å². The summed E-state index contributed by atoms with van der Waals surface area (Å²) < 4.78 is 23.3. The molecule has 2 aromatic rings. The van der Waals surface area contributed by atoms with Crippen LogP contribution in [0.4, 0.5) is 0 Å². The molecule has 2 rings (SSSR count). The molecular formula is C14H13ClO2S. The highest BCUT2D eigenvalue weighted by Gasteiger charge is 2.24. The van der Waals surface area contributed by atoms with E-state index in [2.05, 4.69) is 0 Å². The Morgan fingerprint density at radius 3 is 1.94 bits per heavy atom. The van der Waals surface area contributed by atoms with Gasteiger partial charge in [0.15, 0.2) is 14.5 Å². The maximum Gasteiger partial charge on any atom is 0.175 e. The minimum absolute atomic E-state index is 0.0447. The Morgan fingerprint density at radius 1 is 0.889 bits per heavy atom. The zero-order valence-electron chi connectivity index (χ0n) is 9.66. The summed E-state index contributed by atoms with van der Waals surface area (Å²) in [6, 6.07) is 17.9. The van der Waals surface area contributed by atoms with Crippen molar-refractivity contribution >= 4 is 21.4 Å². The second kappa shape index (κ2) is 5.55. The maximum absolute atomic E-state index is 12.2. The van der Waals surface area contributed by atoms with Gasteiger partial charge in [0.25, 0.3) is 0 Å². The van der Waals surface area contributed by atoms with Gasteiger partial charge in [-0.05, 0) is 11.1 Å². The number of hydrogen-bond acceptors (Lipinski definition) is 2. The summed E-state index contributed by atoms with van der Waals surface area (Å²) in [6.45, 7) is 0. The summed E-state index contributed by atoms with van der Waals surface area (Å²) in [6.07, 6.45) is 0. The fourth-order valence-corrected chi connectivity index (χ4v) is 3.40. The maximum atomic E-state index is 12.2. The van der Waals surface area contributed by atoms with Crippen LogP contribution in [0.25, 0.3) is 0 Å². The van der Waals surface area contributed by atoms with Crippen LogP contribution in [-0.2, 0) is 15.6 Å². The molecule has 0 heterocycles. The van der Waals surface area contributed by atoms with E-state index in [9.17, 15) is 8.42 Å². The lowest BCUT2D eigenvalue weighted by molar-refractivity contribution is 0.593. The number of hydrogen-bond donors (Lipinski definition) is 0. The molecule has 4 heteroatoms. The van der Waals surface area contributed by atoms with Crippen LogP contribution in [0.5, 0.6) is 0 Å². The number of halogens is 1. The number of sulfone groups is 1. The van der Waals surface area contributed by atoms with Gasteiger partial charge in [-0.1, -0.05) is 60.7 Å². The molecule has 0 saturated carbocycles. The predicted molar refractivity (Wildman–Crippen MR) is 74.1 cm³/mol. The van der Waals surface area contributed by atoms with Crippen LogP contribution in [-0.4, -0.2) is 8.42 Å². The Labute approximate surface area is 112 Å². The fourth-order valence-electron chi connectivity index (χ4n) is 1.69. The first-order valence-corrected chi connectivity index (χ1v) is 7.69. The zero-order chi connectivity index (χ0) is 13.0. The smallest absolute Gasteiger partial charge is 0.175 e. The van der Waals surface area contributed by atoms with E-state index in [0.29, 0.717) is 5.56 Å². The van der Waals surface area contributed by atoms with Gasteiger partial charge in [0.2, 0.25) is 0 Å². The largest absolute Gasteiger partial charge is 0.227 e. The summed E-state index contributed by atoms with van der Waals surface area (Å²) in [5.41, 5.74) is 1.36. The Hall–Kier alpha value is -1.32.